The molecule has 1 aliphatic rings. The molecule has 0 aliphatic carbocycles. The molecule has 1 aliphatic heterocycles. The Morgan fingerprint density at radius 2 is 1.81 bits per heavy atom. The number of carbonyl (C=O) groups excluding carboxylic acids is 1. The fourth-order valence-electron chi connectivity index (χ4n) is 3.39. The first-order chi connectivity index (χ1) is 14.7. The number of carbonyl (C=O) groups is 1. The number of nitrogens with one attached hydrogen (secondary N) is 3. The van der Waals surface area contributed by atoms with Gasteiger partial charge >= 0.3 is 0 Å². The normalized spacial score (nSPS) is 13.9. The molecule has 0 saturated carbocycles. The summed E-state index contributed by atoms with van der Waals surface area (Å²) in [5.41, 5.74) is 4.23. The predicted octanol–water partition coefficient (Wildman–Crippen LogP) is 2.41. The topological polar surface area (TPSA) is 78.0 Å². The van der Waals surface area contributed by atoms with Crippen LogP contribution in [0.25, 0.3) is 0 Å². The van der Waals surface area contributed by atoms with Crippen molar-refractivity contribution in [2.24, 2.45) is 4.99 Å². The van der Waals surface area contributed by atoms with Gasteiger partial charge in [0.25, 0.3) is 5.91 Å². The zero-order valence-electron chi connectivity index (χ0n) is 18.2. The van der Waals surface area contributed by atoms with Crippen LogP contribution in [0.15, 0.2) is 53.5 Å². The van der Waals surface area contributed by atoms with Crippen LogP contribution >= 0.6 is 24.0 Å². The van der Waals surface area contributed by atoms with Crippen LogP contribution < -0.4 is 20.9 Å². The number of anilines is 1. The second kappa shape index (κ2) is 13.2. The predicted molar refractivity (Wildman–Crippen MR) is 137 cm³/mol. The first-order valence-corrected chi connectivity index (χ1v) is 10.4. The van der Waals surface area contributed by atoms with Crippen LogP contribution in [0.4, 0.5) is 5.69 Å². The van der Waals surface area contributed by atoms with E-state index in [0.29, 0.717) is 12.1 Å². The van der Waals surface area contributed by atoms with E-state index in [0.717, 1.165) is 50.8 Å². The molecule has 0 unspecified atom stereocenters. The van der Waals surface area contributed by atoms with Crippen LogP contribution in [0.2, 0.25) is 0 Å². The molecule has 0 bridgehead atoms. The molecule has 2 aromatic carbocycles. The van der Waals surface area contributed by atoms with E-state index in [1.807, 2.05) is 24.3 Å². The molecule has 3 rings (SSSR count). The summed E-state index contributed by atoms with van der Waals surface area (Å²) in [5.74, 6) is 0.691. The standard InChI is InChI=1S/C23H31N5O2.HI/c1-24-22(29)20-5-3-4-18(16-20)10-11-26-23(25-2)27-17-19-6-8-21(9-7-19)28-12-14-30-15-13-28;/h3-9,16H,10-15,17H2,1-2H3,(H,24,29)(H2,25,26,27);1H. The second-order valence-corrected chi connectivity index (χ2v) is 7.15. The maximum absolute atomic E-state index is 11.8. The van der Waals surface area contributed by atoms with E-state index in [2.05, 4.69) is 50.1 Å². The van der Waals surface area contributed by atoms with Crippen molar-refractivity contribution in [2.45, 2.75) is 13.0 Å². The zero-order chi connectivity index (χ0) is 21.2. The number of hydrogen-bond donors (Lipinski definition) is 3. The Hall–Kier alpha value is -2.33. The summed E-state index contributed by atoms with van der Waals surface area (Å²) in [7, 11) is 3.41. The molecule has 0 radical (unpaired) electrons. The van der Waals surface area contributed by atoms with E-state index in [1.54, 1.807) is 14.1 Å². The Labute approximate surface area is 201 Å². The van der Waals surface area contributed by atoms with Gasteiger partial charge in [-0.1, -0.05) is 24.3 Å². The average Bonchev–Trinajstić information content (AvgIpc) is 2.82. The molecular formula is C23H32IN5O2. The van der Waals surface area contributed by atoms with Crippen LogP contribution in [-0.4, -0.2) is 58.8 Å². The highest BCUT2D eigenvalue weighted by molar-refractivity contribution is 14.0. The van der Waals surface area contributed by atoms with Gasteiger partial charge in [0.1, 0.15) is 0 Å². The molecule has 31 heavy (non-hydrogen) atoms. The minimum absolute atomic E-state index is 0. The third kappa shape index (κ3) is 7.70. The van der Waals surface area contributed by atoms with Crippen LogP contribution in [-0.2, 0) is 17.7 Å². The van der Waals surface area contributed by atoms with Crippen molar-refractivity contribution in [1.29, 1.82) is 0 Å². The highest BCUT2D eigenvalue weighted by Gasteiger charge is 2.10. The van der Waals surface area contributed by atoms with Crippen molar-refractivity contribution in [3.63, 3.8) is 0 Å². The lowest BCUT2D eigenvalue weighted by Crippen LogP contribution is -2.38. The van der Waals surface area contributed by atoms with E-state index >= 15 is 0 Å². The van der Waals surface area contributed by atoms with Gasteiger partial charge in [0.2, 0.25) is 0 Å². The van der Waals surface area contributed by atoms with Crippen molar-refractivity contribution in [1.82, 2.24) is 16.0 Å². The fraction of sp³-hybridized carbons (Fsp3) is 0.391. The zero-order valence-corrected chi connectivity index (χ0v) is 20.5. The molecule has 1 fully saturated rings. The minimum atomic E-state index is -0.0677. The molecule has 0 atom stereocenters. The first-order valence-electron chi connectivity index (χ1n) is 10.4. The van der Waals surface area contributed by atoms with Gasteiger partial charge in [-0.3, -0.25) is 9.79 Å². The highest BCUT2D eigenvalue weighted by atomic mass is 127. The Kier molecular flexibility index (Phi) is 10.6. The highest BCUT2D eigenvalue weighted by Crippen LogP contribution is 2.16. The van der Waals surface area contributed by atoms with Gasteiger partial charge in [-0.15, -0.1) is 24.0 Å². The Balaban J connectivity index is 0.00000341. The smallest absolute Gasteiger partial charge is 0.251 e. The third-order valence-electron chi connectivity index (χ3n) is 5.12. The molecule has 0 spiro atoms. The summed E-state index contributed by atoms with van der Waals surface area (Å²) in [6.45, 7) is 4.91. The Morgan fingerprint density at radius 1 is 1.06 bits per heavy atom. The molecule has 7 nitrogen and oxygen atoms in total. The molecule has 8 heteroatoms. The number of aliphatic imine (C=N–C) groups is 1. The van der Waals surface area contributed by atoms with Gasteiger partial charge in [0.05, 0.1) is 13.2 Å². The number of nitrogens with zero attached hydrogens (tertiary/aromatic N) is 2. The van der Waals surface area contributed by atoms with Crippen molar-refractivity contribution < 1.29 is 9.53 Å². The summed E-state index contributed by atoms with van der Waals surface area (Å²) in [6.07, 6.45) is 0.805. The molecule has 1 saturated heterocycles. The molecule has 2 aromatic rings. The number of morpholine rings is 1. The molecule has 3 N–H and O–H groups in total. The lowest BCUT2D eigenvalue weighted by molar-refractivity contribution is 0.0963. The van der Waals surface area contributed by atoms with E-state index in [9.17, 15) is 4.79 Å². The van der Waals surface area contributed by atoms with Crippen LogP contribution in [0, 0.1) is 0 Å². The van der Waals surface area contributed by atoms with E-state index in [4.69, 9.17) is 4.74 Å². The molecular weight excluding hydrogens is 505 g/mol. The largest absolute Gasteiger partial charge is 0.378 e. The maximum Gasteiger partial charge on any atom is 0.251 e. The van der Waals surface area contributed by atoms with Crippen molar-refractivity contribution in [3.05, 3.63) is 65.2 Å². The number of ether oxygens (including phenoxy) is 1. The fourth-order valence-corrected chi connectivity index (χ4v) is 3.39. The van der Waals surface area contributed by atoms with Gasteiger partial charge in [0, 0.05) is 51.5 Å². The van der Waals surface area contributed by atoms with Gasteiger partial charge in [0.15, 0.2) is 5.96 Å². The average molecular weight is 537 g/mol. The summed E-state index contributed by atoms with van der Waals surface area (Å²) < 4.78 is 5.41. The Bertz CT molecular complexity index is 851. The minimum Gasteiger partial charge on any atom is -0.378 e. The number of halogens is 1. The third-order valence-corrected chi connectivity index (χ3v) is 5.12. The SMILES string of the molecule is CN=C(NCCc1cccc(C(=O)NC)c1)NCc1ccc(N2CCOCC2)cc1.I. The van der Waals surface area contributed by atoms with Crippen LogP contribution in [0.3, 0.4) is 0 Å². The van der Waals surface area contributed by atoms with Gasteiger partial charge in [-0.05, 0) is 41.8 Å². The van der Waals surface area contributed by atoms with Crippen LogP contribution in [0.5, 0.6) is 0 Å². The summed E-state index contributed by atoms with van der Waals surface area (Å²) in [5, 5.41) is 9.34. The second-order valence-electron chi connectivity index (χ2n) is 7.15. The van der Waals surface area contributed by atoms with Gasteiger partial charge in [-0.2, -0.15) is 0 Å². The molecule has 168 valence electrons. The van der Waals surface area contributed by atoms with Gasteiger partial charge < -0.3 is 25.6 Å². The summed E-state index contributed by atoms with van der Waals surface area (Å²) in [6, 6.07) is 16.3. The van der Waals surface area contributed by atoms with E-state index < -0.39 is 0 Å². The number of amides is 1. The van der Waals surface area contributed by atoms with Crippen LogP contribution in [0.1, 0.15) is 21.5 Å². The van der Waals surface area contributed by atoms with Gasteiger partial charge in [-0.25, -0.2) is 0 Å². The van der Waals surface area contributed by atoms with Crippen molar-refractivity contribution in [2.75, 3.05) is 51.8 Å². The Morgan fingerprint density at radius 3 is 2.48 bits per heavy atom. The van der Waals surface area contributed by atoms with Crippen molar-refractivity contribution in [3.8, 4) is 0 Å². The lowest BCUT2D eigenvalue weighted by Gasteiger charge is -2.28. The summed E-state index contributed by atoms with van der Waals surface area (Å²) >= 11 is 0. The maximum atomic E-state index is 11.8. The monoisotopic (exact) mass is 537 g/mol. The molecule has 0 aromatic heterocycles. The number of hydrogen-bond acceptors (Lipinski definition) is 4. The first kappa shape index (κ1) is 24.9. The van der Waals surface area contributed by atoms with Crippen molar-refractivity contribution >= 4 is 41.5 Å². The lowest BCUT2D eigenvalue weighted by atomic mass is 10.1. The number of guanidine groups is 1. The molecule has 1 amide bonds. The summed E-state index contributed by atoms with van der Waals surface area (Å²) in [4.78, 5) is 18.4. The molecule has 1 heterocycles. The number of benzene rings is 2. The van der Waals surface area contributed by atoms with E-state index in [1.165, 1.54) is 11.3 Å². The quantitative estimate of drug-likeness (QED) is 0.288. The number of rotatable bonds is 7. The van der Waals surface area contributed by atoms with E-state index in [-0.39, 0.29) is 29.9 Å².